The van der Waals surface area contributed by atoms with Crippen molar-refractivity contribution in [1.82, 2.24) is 5.32 Å². The largest absolute Gasteiger partial charge is 0.490 e. The average Bonchev–Trinajstić information content (AvgIpc) is 2.35. The Labute approximate surface area is 121 Å². The number of hydrogen-bond donors (Lipinski definition) is 1. The van der Waals surface area contributed by atoms with E-state index in [2.05, 4.69) is 21.2 Å². The molecule has 1 amide bonds. The van der Waals surface area contributed by atoms with E-state index in [1.54, 1.807) is 19.2 Å². The molecule has 19 heavy (non-hydrogen) atoms. The number of carbonyl (C=O) groups excluding carboxylic acids is 1. The SMILES string of the molecule is COCCOc1ccc(Br)cc1C(=O)NC1CCC1. The summed E-state index contributed by atoms with van der Waals surface area (Å²) in [6.45, 7) is 0.932. The topological polar surface area (TPSA) is 47.6 Å². The number of methoxy groups -OCH3 is 1. The number of nitrogens with one attached hydrogen (secondary N) is 1. The van der Waals surface area contributed by atoms with Crippen LogP contribution in [0.15, 0.2) is 22.7 Å². The molecule has 0 aliphatic heterocycles. The molecule has 1 aliphatic carbocycles. The lowest BCUT2D eigenvalue weighted by molar-refractivity contribution is 0.0909. The van der Waals surface area contributed by atoms with Gasteiger partial charge in [-0.25, -0.2) is 0 Å². The Hall–Kier alpha value is -1.07. The second-order valence-electron chi connectivity index (χ2n) is 4.58. The van der Waals surface area contributed by atoms with E-state index in [1.807, 2.05) is 6.07 Å². The van der Waals surface area contributed by atoms with Crippen LogP contribution < -0.4 is 10.1 Å². The van der Waals surface area contributed by atoms with E-state index in [4.69, 9.17) is 9.47 Å². The van der Waals surface area contributed by atoms with E-state index in [9.17, 15) is 4.79 Å². The van der Waals surface area contributed by atoms with E-state index < -0.39 is 0 Å². The number of halogens is 1. The Morgan fingerprint density at radius 2 is 2.21 bits per heavy atom. The Morgan fingerprint density at radius 1 is 1.42 bits per heavy atom. The zero-order valence-electron chi connectivity index (χ0n) is 10.9. The number of ether oxygens (including phenoxy) is 2. The van der Waals surface area contributed by atoms with Gasteiger partial charge in [0.25, 0.3) is 5.91 Å². The molecule has 1 N–H and O–H groups in total. The first-order valence-electron chi connectivity index (χ1n) is 6.43. The summed E-state index contributed by atoms with van der Waals surface area (Å²) in [5.41, 5.74) is 0.567. The molecule has 0 atom stereocenters. The van der Waals surface area contributed by atoms with Crippen molar-refractivity contribution in [3.63, 3.8) is 0 Å². The number of benzene rings is 1. The van der Waals surface area contributed by atoms with Crippen molar-refractivity contribution in [1.29, 1.82) is 0 Å². The van der Waals surface area contributed by atoms with Crippen molar-refractivity contribution >= 4 is 21.8 Å². The summed E-state index contributed by atoms with van der Waals surface area (Å²) >= 11 is 3.38. The minimum absolute atomic E-state index is 0.0709. The third-order valence-corrected chi connectivity index (χ3v) is 3.66. The second-order valence-corrected chi connectivity index (χ2v) is 5.50. The fraction of sp³-hybridized carbons (Fsp3) is 0.500. The quantitative estimate of drug-likeness (QED) is 0.817. The van der Waals surface area contributed by atoms with Crippen LogP contribution in [0, 0.1) is 0 Å². The van der Waals surface area contributed by atoms with Gasteiger partial charge in [0.15, 0.2) is 0 Å². The van der Waals surface area contributed by atoms with E-state index in [-0.39, 0.29) is 5.91 Å². The highest BCUT2D eigenvalue weighted by atomic mass is 79.9. The molecular weight excluding hydrogens is 310 g/mol. The monoisotopic (exact) mass is 327 g/mol. The maximum absolute atomic E-state index is 12.2. The van der Waals surface area contributed by atoms with Gasteiger partial charge in [-0.05, 0) is 37.5 Å². The lowest BCUT2D eigenvalue weighted by Gasteiger charge is -2.26. The van der Waals surface area contributed by atoms with Gasteiger partial charge in [0.05, 0.1) is 12.2 Å². The van der Waals surface area contributed by atoms with Gasteiger partial charge in [0.1, 0.15) is 12.4 Å². The lowest BCUT2D eigenvalue weighted by atomic mass is 9.93. The van der Waals surface area contributed by atoms with Crippen LogP contribution >= 0.6 is 15.9 Å². The molecule has 0 saturated heterocycles. The number of amides is 1. The van der Waals surface area contributed by atoms with Gasteiger partial charge < -0.3 is 14.8 Å². The summed E-state index contributed by atoms with van der Waals surface area (Å²) in [6.07, 6.45) is 3.33. The van der Waals surface area contributed by atoms with E-state index in [1.165, 1.54) is 6.42 Å². The normalized spacial score (nSPS) is 14.8. The van der Waals surface area contributed by atoms with Crippen LogP contribution in [-0.2, 0) is 4.74 Å². The van der Waals surface area contributed by atoms with Crippen molar-refractivity contribution in [2.75, 3.05) is 20.3 Å². The van der Waals surface area contributed by atoms with E-state index >= 15 is 0 Å². The van der Waals surface area contributed by atoms with Crippen molar-refractivity contribution in [2.45, 2.75) is 25.3 Å². The van der Waals surface area contributed by atoms with Gasteiger partial charge in [0.2, 0.25) is 0 Å². The minimum atomic E-state index is -0.0709. The molecule has 0 heterocycles. The predicted molar refractivity (Wildman–Crippen MR) is 76.6 cm³/mol. The van der Waals surface area contributed by atoms with Crippen molar-refractivity contribution < 1.29 is 14.3 Å². The molecule has 2 rings (SSSR count). The van der Waals surface area contributed by atoms with Gasteiger partial charge >= 0.3 is 0 Å². The van der Waals surface area contributed by atoms with Gasteiger partial charge in [-0.2, -0.15) is 0 Å². The molecule has 1 fully saturated rings. The molecule has 0 unspecified atom stereocenters. The molecule has 0 bridgehead atoms. The zero-order valence-corrected chi connectivity index (χ0v) is 12.5. The van der Waals surface area contributed by atoms with Crippen LogP contribution in [-0.4, -0.2) is 32.3 Å². The number of rotatable bonds is 6. The van der Waals surface area contributed by atoms with Crippen molar-refractivity contribution in [3.8, 4) is 5.75 Å². The highest BCUT2D eigenvalue weighted by Gasteiger charge is 2.22. The minimum Gasteiger partial charge on any atom is -0.490 e. The molecule has 1 aromatic carbocycles. The maximum Gasteiger partial charge on any atom is 0.255 e. The Kier molecular flexibility index (Phi) is 5.22. The van der Waals surface area contributed by atoms with Crippen LogP contribution in [0.4, 0.5) is 0 Å². The van der Waals surface area contributed by atoms with Crippen LogP contribution in [0.25, 0.3) is 0 Å². The summed E-state index contributed by atoms with van der Waals surface area (Å²) in [5.74, 6) is 0.524. The fourth-order valence-electron chi connectivity index (χ4n) is 1.86. The molecule has 1 saturated carbocycles. The Balaban J connectivity index is 2.06. The van der Waals surface area contributed by atoms with Crippen LogP contribution in [0.2, 0.25) is 0 Å². The molecule has 0 radical (unpaired) electrons. The first kappa shape index (κ1) is 14.3. The van der Waals surface area contributed by atoms with Crippen molar-refractivity contribution in [3.05, 3.63) is 28.2 Å². The molecule has 1 aliphatic rings. The molecule has 0 spiro atoms. The summed E-state index contributed by atoms with van der Waals surface area (Å²) < 4.78 is 11.4. The van der Waals surface area contributed by atoms with E-state index in [0.29, 0.717) is 30.6 Å². The molecule has 1 aromatic rings. The maximum atomic E-state index is 12.2. The van der Waals surface area contributed by atoms with Crippen LogP contribution in [0.3, 0.4) is 0 Å². The third-order valence-electron chi connectivity index (χ3n) is 3.17. The molecular formula is C14H18BrNO3. The van der Waals surface area contributed by atoms with Gasteiger partial charge in [-0.15, -0.1) is 0 Å². The van der Waals surface area contributed by atoms with Crippen molar-refractivity contribution in [2.24, 2.45) is 0 Å². The standard InChI is InChI=1S/C14H18BrNO3/c1-18-7-8-19-13-6-5-10(15)9-12(13)14(17)16-11-3-2-4-11/h5-6,9,11H,2-4,7-8H2,1H3,(H,16,17). The number of carbonyl (C=O) groups is 1. The first-order valence-corrected chi connectivity index (χ1v) is 7.22. The van der Waals surface area contributed by atoms with Gasteiger partial charge in [-0.1, -0.05) is 15.9 Å². The van der Waals surface area contributed by atoms with Crippen LogP contribution in [0.5, 0.6) is 5.75 Å². The summed E-state index contributed by atoms with van der Waals surface area (Å²) in [4.78, 5) is 12.2. The van der Waals surface area contributed by atoms with Gasteiger partial charge in [-0.3, -0.25) is 4.79 Å². The predicted octanol–water partition coefficient (Wildman–Crippen LogP) is 2.76. The molecule has 104 valence electrons. The Bertz CT molecular complexity index is 446. The van der Waals surface area contributed by atoms with Crippen LogP contribution in [0.1, 0.15) is 29.6 Å². The second kappa shape index (κ2) is 6.91. The zero-order chi connectivity index (χ0) is 13.7. The molecule has 0 aromatic heterocycles. The summed E-state index contributed by atoms with van der Waals surface area (Å²) in [6, 6.07) is 5.77. The molecule has 5 heteroatoms. The third kappa shape index (κ3) is 3.94. The first-order chi connectivity index (χ1) is 9.20. The average molecular weight is 328 g/mol. The summed E-state index contributed by atoms with van der Waals surface area (Å²) in [5, 5.41) is 3.02. The number of hydrogen-bond acceptors (Lipinski definition) is 3. The van der Waals surface area contributed by atoms with Gasteiger partial charge in [0, 0.05) is 17.6 Å². The smallest absolute Gasteiger partial charge is 0.255 e. The lowest BCUT2D eigenvalue weighted by Crippen LogP contribution is -2.39. The Morgan fingerprint density at radius 3 is 2.84 bits per heavy atom. The molecule has 4 nitrogen and oxygen atoms in total. The fourth-order valence-corrected chi connectivity index (χ4v) is 2.22. The highest BCUT2D eigenvalue weighted by molar-refractivity contribution is 9.10. The summed E-state index contributed by atoms with van der Waals surface area (Å²) in [7, 11) is 1.62. The van der Waals surface area contributed by atoms with E-state index in [0.717, 1.165) is 17.3 Å². The highest BCUT2D eigenvalue weighted by Crippen LogP contribution is 2.25.